The number of nitrogens with one attached hydrogen (secondary N) is 2. The van der Waals surface area contributed by atoms with Crippen molar-refractivity contribution in [2.24, 2.45) is 4.99 Å². The number of rotatable bonds is 8. The number of nitrogens with zero attached hydrogens (tertiary/aromatic N) is 2. The van der Waals surface area contributed by atoms with Crippen LogP contribution in [0.3, 0.4) is 0 Å². The molecule has 0 aromatic heterocycles. The highest BCUT2D eigenvalue weighted by molar-refractivity contribution is 7.91. The molecular formula is C18H30N4O3S. The van der Waals surface area contributed by atoms with Crippen LogP contribution in [0.4, 0.5) is 0 Å². The van der Waals surface area contributed by atoms with Crippen LogP contribution in [-0.4, -0.2) is 70.6 Å². The second-order valence-electron chi connectivity index (χ2n) is 6.74. The topological polar surface area (TPSA) is 83.0 Å². The standard InChI is InChI=1S/C18H30N4O3S/c1-4-19-18(21-16-8-11-26(23,24)14-16)20-13-15-6-5-7-17(12-15)25-10-9-22(2)3/h5-7,12,16H,4,8-11,13-14H2,1-3H3,(H2,19,20,21). The number of aliphatic imine (C=N–C) groups is 1. The fraction of sp³-hybridized carbons (Fsp3) is 0.611. The van der Waals surface area contributed by atoms with Crippen LogP contribution in [0, 0.1) is 0 Å². The second-order valence-corrected chi connectivity index (χ2v) is 8.97. The molecule has 26 heavy (non-hydrogen) atoms. The molecule has 1 unspecified atom stereocenters. The normalized spacial score (nSPS) is 19.5. The minimum atomic E-state index is -2.91. The molecule has 1 aromatic carbocycles. The zero-order valence-electron chi connectivity index (χ0n) is 15.9. The van der Waals surface area contributed by atoms with Gasteiger partial charge in [-0.2, -0.15) is 0 Å². The number of ether oxygens (including phenoxy) is 1. The predicted octanol–water partition coefficient (Wildman–Crippen LogP) is 0.869. The third-order valence-electron chi connectivity index (χ3n) is 4.04. The van der Waals surface area contributed by atoms with Crippen LogP contribution in [0.1, 0.15) is 18.9 Å². The van der Waals surface area contributed by atoms with Crippen molar-refractivity contribution in [2.45, 2.75) is 25.9 Å². The minimum Gasteiger partial charge on any atom is -0.492 e. The molecule has 2 N–H and O–H groups in total. The highest BCUT2D eigenvalue weighted by Crippen LogP contribution is 2.14. The maximum Gasteiger partial charge on any atom is 0.191 e. The lowest BCUT2D eigenvalue weighted by molar-refractivity contribution is 0.261. The van der Waals surface area contributed by atoms with Crippen LogP contribution < -0.4 is 15.4 Å². The number of guanidine groups is 1. The summed E-state index contributed by atoms with van der Waals surface area (Å²) in [6, 6.07) is 7.82. The van der Waals surface area contributed by atoms with Crippen molar-refractivity contribution in [1.82, 2.24) is 15.5 Å². The summed E-state index contributed by atoms with van der Waals surface area (Å²) >= 11 is 0. The largest absolute Gasteiger partial charge is 0.492 e. The quantitative estimate of drug-likeness (QED) is 0.513. The molecule has 0 spiro atoms. The van der Waals surface area contributed by atoms with Crippen LogP contribution >= 0.6 is 0 Å². The summed E-state index contributed by atoms with van der Waals surface area (Å²) in [5.41, 5.74) is 1.04. The van der Waals surface area contributed by atoms with Crippen molar-refractivity contribution >= 4 is 15.8 Å². The first-order valence-electron chi connectivity index (χ1n) is 8.99. The van der Waals surface area contributed by atoms with E-state index in [0.717, 1.165) is 24.4 Å². The van der Waals surface area contributed by atoms with Gasteiger partial charge in [0, 0.05) is 19.1 Å². The molecule has 0 bridgehead atoms. The molecule has 0 saturated carbocycles. The van der Waals surface area contributed by atoms with Crippen molar-refractivity contribution in [3.63, 3.8) is 0 Å². The minimum absolute atomic E-state index is 0.0708. The highest BCUT2D eigenvalue weighted by Gasteiger charge is 2.28. The van der Waals surface area contributed by atoms with Crippen LogP contribution in [0.5, 0.6) is 5.75 Å². The summed E-state index contributed by atoms with van der Waals surface area (Å²) in [7, 11) is 1.12. The molecule has 0 aliphatic carbocycles. The van der Waals surface area contributed by atoms with E-state index in [2.05, 4.69) is 20.5 Å². The fourth-order valence-electron chi connectivity index (χ4n) is 2.67. The van der Waals surface area contributed by atoms with Gasteiger partial charge in [-0.15, -0.1) is 0 Å². The Kier molecular flexibility index (Phi) is 7.71. The zero-order valence-corrected chi connectivity index (χ0v) is 16.7. The van der Waals surface area contributed by atoms with Gasteiger partial charge in [0.15, 0.2) is 15.8 Å². The summed E-state index contributed by atoms with van der Waals surface area (Å²) in [5.74, 6) is 1.90. The molecule has 0 radical (unpaired) electrons. The van der Waals surface area contributed by atoms with Crippen molar-refractivity contribution < 1.29 is 13.2 Å². The van der Waals surface area contributed by atoms with Gasteiger partial charge >= 0.3 is 0 Å². The van der Waals surface area contributed by atoms with Crippen molar-refractivity contribution in [2.75, 3.05) is 45.3 Å². The van der Waals surface area contributed by atoms with E-state index in [9.17, 15) is 8.42 Å². The van der Waals surface area contributed by atoms with Crippen LogP contribution in [0.2, 0.25) is 0 Å². The van der Waals surface area contributed by atoms with Gasteiger partial charge in [-0.25, -0.2) is 13.4 Å². The van der Waals surface area contributed by atoms with E-state index in [0.29, 0.717) is 25.5 Å². The van der Waals surface area contributed by atoms with Gasteiger partial charge in [-0.05, 0) is 45.1 Å². The van der Waals surface area contributed by atoms with E-state index in [1.54, 1.807) is 0 Å². The third-order valence-corrected chi connectivity index (χ3v) is 5.81. The molecule has 1 aromatic rings. The second kappa shape index (κ2) is 9.78. The lowest BCUT2D eigenvalue weighted by Crippen LogP contribution is -2.44. The van der Waals surface area contributed by atoms with Crippen LogP contribution in [0.25, 0.3) is 0 Å². The summed E-state index contributed by atoms with van der Waals surface area (Å²) in [6.45, 7) is 4.71. The Hall–Kier alpha value is -1.80. The lowest BCUT2D eigenvalue weighted by atomic mass is 10.2. The average molecular weight is 383 g/mol. The first-order chi connectivity index (χ1) is 12.4. The summed E-state index contributed by atoms with van der Waals surface area (Å²) in [6.07, 6.45) is 0.627. The average Bonchev–Trinajstić information content (AvgIpc) is 2.91. The molecule has 8 heteroatoms. The van der Waals surface area contributed by atoms with Gasteiger partial charge in [0.1, 0.15) is 12.4 Å². The molecule has 1 aliphatic rings. The van der Waals surface area contributed by atoms with E-state index in [-0.39, 0.29) is 17.5 Å². The summed E-state index contributed by atoms with van der Waals surface area (Å²) < 4.78 is 29.0. The van der Waals surface area contributed by atoms with Gasteiger partial charge in [-0.1, -0.05) is 12.1 Å². The van der Waals surface area contributed by atoms with E-state index < -0.39 is 9.84 Å². The molecule has 2 rings (SSSR count). The highest BCUT2D eigenvalue weighted by atomic mass is 32.2. The zero-order chi connectivity index (χ0) is 19.0. The maximum atomic E-state index is 11.6. The molecule has 1 saturated heterocycles. The Balaban J connectivity index is 1.93. The third kappa shape index (κ3) is 7.21. The lowest BCUT2D eigenvalue weighted by Gasteiger charge is -2.16. The van der Waals surface area contributed by atoms with Gasteiger partial charge in [-0.3, -0.25) is 0 Å². The molecule has 7 nitrogen and oxygen atoms in total. The number of hydrogen-bond donors (Lipinski definition) is 2. The Morgan fingerprint density at radius 2 is 2.19 bits per heavy atom. The van der Waals surface area contributed by atoms with Gasteiger partial charge in [0.2, 0.25) is 0 Å². The SMILES string of the molecule is CCNC(=NCc1cccc(OCCN(C)C)c1)NC1CCS(=O)(=O)C1. The molecule has 1 heterocycles. The van der Waals surface area contributed by atoms with Crippen LogP contribution in [0.15, 0.2) is 29.3 Å². The molecule has 1 fully saturated rings. The van der Waals surface area contributed by atoms with Crippen molar-refractivity contribution in [1.29, 1.82) is 0 Å². The summed E-state index contributed by atoms with van der Waals surface area (Å²) in [4.78, 5) is 6.66. The first kappa shape index (κ1) is 20.5. The monoisotopic (exact) mass is 382 g/mol. The van der Waals surface area contributed by atoms with Gasteiger partial charge in [0.25, 0.3) is 0 Å². The Labute approximate surface area is 156 Å². The number of hydrogen-bond acceptors (Lipinski definition) is 5. The van der Waals surface area contributed by atoms with E-state index in [1.165, 1.54) is 0 Å². The van der Waals surface area contributed by atoms with Crippen molar-refractivity contribution in [3.05, 3.63) is 29.8 Å². The number of likely N-dealkylation sites (N-methyl/N-ethyl adjacent to an activating group) is 1. The molecule has 0 amide bonds. The molecule has 1 atom stereocenters. The van der Waals surface area contributed by atoms with Crippen molar-refractivity contribution in [3.8, 4) is 5.75 Å². The predicted molar refractivity (Wildman–Crippen MR) is 106 cm³/mol. The molecular weight excluding hydrogens is 352 g/mol. The van der Waals surface area contributed by atoms with E-state index in [4.69, 9.17) is 4.74 Å². The Morgan fingerprint density at radius 3 is 2.85 bits per heavy atom. The first-order valence-corrected chi connectivity index (χ1v) is 10.8. The Bertz CT molecular complexity index is 704. The molecule has 1 aliphatic heterocycles. The van der Waals surface area contributed by atoms with Gasteiger partial charge in [0.05, 0.1) is 18.1 Å². The van der Waals surface area contributed by atoms with Crippen LogP contribution in [-0.2, 0) is 16.4 Å². The van der Waals surface area contributed by atoms with E-state index >= 15 is 0 Å². The summed E-state index contributed by atoms with van der Waals surface area (Å²) in [5, 5.41) is 6.40. The van der Waals surface area contributed by atoms with Gasteiger partial charge < -0.3 is 20.3 Å². The smallest absolute Gasteiger partial charge is 0.191 e. The maximum absolute atomic E-state index is 11.6. The van der Waals surface area contributed by atoms with E-state index in [1.807, 2.05) is 45.3 Å². The number of sulfone groups is 1. The number of benzene rings is 1. The fourth-order valence-corrected chi connectivity index (χ4v) is 4.35. The molecule has 146 valence electrons. The Morgan fingerprint density at radius 1 is 1.38 bits per heavy atom.